The first-order valence-electron chi connectivity index (χ1n) is 12.5. The third-order valence-electron chi connectivity index (χ3n) is 6.31. The highest BCUT2D eigenvalue weighted by Gasteiger charge is 2.40. The Hall–Kier alpha value is -4.15. The number of nitrogens with one attached hydrogen (secondary N) is 2. The molecule has 1 unspecified atom stereocenters. The number of hydrogen-bond acceptors (Lipinski definition) is 7. The van der Waals surface area contributed by atoms with E-state index in [2.05, 4.69) is 15.6 Å². The van der Waals surface area contributed by atoms with E-state index in [0.29, 0.717) is 28.1 Å². The van der Waals surface area contributed by atoms with Crippen molar-refractivity contribution < 1.29 is 19.1 Å². The molecule has 196 valence electrons. The van der Waals surface area contributed by atoms with Gasteiger partial charge in [0, 0.05) is 27.4 Å². The van der Waals surface area contributed by atoms with E-state index in [0.717, 1.165) is 28.9 Å². The van der Waals surface area contributed by atoms with Crippen LogP contribution in [0, 0.1) is 0 Å². The van der Waals surface area contributed by atoms with Gasteiger partial charge in [-0.05, 0) is 42.7 Å². The fraction of sp³-hybridized carbons (Fsp3) is 0.172. The number of hydrogen-bond donors (Lipinski definition) is 2. The number of aromatic nitrogens is 1. The van der Waals surface area contributed by atoms with E-state index in [9.17, 15) is 14.4 Å². The molecule has 0 spiro atoms. The summed E-state index contributed by atoms with van der Waals surface area (Å²) in [5, 5.41) is 7.25. The summed E-state index contributed by atoms with van der Waals surface area (Å²) >= 11 is 2.58. The Morgan fingerprint density at radius 3 is 2.46 bits per heavy atom. The topological polar surface area (TPSA) is 101 Å². The van der Waals surface area contributed by atoms with Gasteiger partial charge in [-0.1, -0.05) is 66.4 Å². The molecule has 2 N–H and O–H groups in total. The minimum absolute atomic E-state index is 0.0720. The van der Waals surface area contributed by atoms with Crippen LogP contribution in [0.1, 0.15) is 28.8 Å². The van der Waals surface area contributed by atoms with Crippen molar-refractivity contribution in [2.45, 2.75) is 35.8 Å². The van der Waals surface area contributed by atoms with E-state index >= 15 is 0 Å². The molecule has 10 heteroatoms. The number of nitrogens with zero attached hydrogens (tertiary/aromatic N) is 2. The largest absolute Gasteiger partial charge is 0.444 e. The summed E-state index contributed by atoms with van der Waals surface area (Å²) in [4.78, 5) is 45.5. The van der Waals surface area contributed by atoms with Crippen LogP contribution in [0.2, 0.25) is 0 Å². The minimum Gasteiger partial charge on any atom is -0.444 e. The highest BCUT2D eigenvalue weighted by atomic mass is 32.2. The van der Waals surface area contributed by atoms with Gasteiger partial charge in [0.25, 0.3) is 11.8 Å². The summed E-state index contributed by atoms with van der Waals surface area (Å²) < 4.78 is 5.56. The maximum Gasteiger partial charge on any atom is 0.416 e. The molecule has 3 amide bonds. The normalized spacial score (nSPS) is 15.9. The summed E-state index contributed by atoms with van der Waals surface area (Å²) in [6.45, 7) is 0.105. The Morgan fingerprint density at radius 2 is 1.69 bits per heavy atom. The number of carbonyl (C=O) groups excluding carboxylic acids is 3. The van der Waals surface area contributed by atoms with Crippen LogP contribution in [-0.2, 0) is 16.1 Å². The van der Waals surface area contributed by atoms with Gasteiger partial charge in [-0.25, -0.2) is 9.78 Å². The van der Waals surface area contributed by atoms with Gasteiger partial charge in [-0.2, -0.15) is 0 Å². The molecule has 0 radical (unpaired) electrons. The number of ether oxygens (including phenoxy) is 1. The monoisotopic (exact) mass is 556 g/mol. The summed E-state index contributed by atoms with van der Waals surface area (Å²) in [5.74, 6) is -0.446. The predicted octanol–water partition coefficient (Wildman–Crippen LogP) is 5.92. The van der Waals surface area contributed by atoms with Gasteiger partial charge in [-0.3, -0.25) is 19.8 Å². The molecule has 0 bridgehead atoms. The summed E-state index contributed by atoms with van der Waals surface area (Å²) in [6, 6.07) is 24.3. The van der Waals surface area contributed by atoms with Crippen molar-refractivity contribution >= 4 is 51.8 Å². The number of thiazole rings is 1. The Bertz CT molecular complexity index is 1520. The molecular formula is C29H24N4O4S2. The second kappa shape index (κ2) is 10.9. The molecule has 1 aliphatic carbocycles. The molecule has 3 aromatic carbocycles. The van der Waals surface area contributed by atoms with Crippen molar-refractivity contribution in [3.05, 3.63) is 95.4 Å². The molecule has 4 aromatic rings. The summed E-state index contributed by atoms with van der Waals surface area (Å²) in [7, 11) is 0. The van der Waals surface area contributed by atoms with Crippen LogP contribution in [-0.4, -0.2) is 34.3 Å². The predicted molar refractivity (Wildman–Crippen MR) is 152 cm³/mol. The van der Waals surface area contributed by atoms with Gasteiger partial charge >= 0.3 is 6.09 Å². The molecule has 2 aliphatic rings. The van der Waals surface area contributed by atoms with Crippen molar-refractivity contribution in [1.82, 2.24) is 10.3 Å². The van der Waals surface area contributed by atoms with Crippen molar-refractivity contribution in [2.24, 2.45) is 0 Å². The van der Waals surface area contributed by atoms with Crippen molar-refractivity contribution in [1.29, 1.82) is 0 Å². The Kier molecular flexibility index (Phi) is 7.04. The highest BCUT2D eigenvalue weighted by molar-refractivity contribution is 8.01. The zero-order valence-corrected chi connectivity index (χ0v) is 22.3. The average Bonchev–Trinajstić information content (AvgIpc) is 3.51. The van der Waals surface area contributed by atoms with E-state index in [-0.39, 0.29) is 18.4 Å². The SMILES string of the molecule is O=C(NC1CC1)c1ccc(-c2csc(NC(=O)C3Sc4ccccc4N3C(=O)OCc3ccccc3)n2)cc1. The molecule has 1 aliphatic heterocycles. The molecule has 0 saturated heterocycles. The van der Waals surface area contributed by atoms with Gasteiger partial charge in [0.05, 0.1) is 11.4 Å². The summed E-state index contributed by atoms with van der Waals surface area (Å²) in [5.41, 5.74) is 3.62. The molecule has 1 fully saturated rings. The first kappa shape index (κ1) is 25.1. The number of amides is 3. The van der Waals surface area contributed by atoms with E-state index in [1.807, 2.05) is 66.0 Å². The van der Waals surface area contributed by atoms with E-state index in [1.165, 1.54) is 28.0 Å². The fourth-order valence-corrected chi connectivity index (χ4v) is 6.01. The standard InChI is InChI=1S/C29H24N4O4S2/c34-25(30-21-14-15-21)20-12-10-19(11-13-20)22-17-38-28(31-22)32-26(35)27-33(23-8-4-5-9-24(23)39-27)29(36)37-16-18-6-2-1-3-7-18/h1-13,17,21,27H,14-16H2,(H,30,34)(H,31,32,35). The lowest BCUT2D eigenvalue weighted by molar-refractivity contribution is -0.115. The molecular weight excluding hydrogens is 532 g/mol. The second-order valence-corrected chi connectivity index (χ2v) is 11.2. The number of fused-ring (bicyclic) bond motifs is 1. The van der Waals surface area contributed by atoms with E-state index in [1.54, 1.807) is 18.2 Å². The van der Waals surface area contributed by atoms with Crippen molar-refractivity contribution in [2.75, 3.05) is 10.2 Å². The Morgan fingerprint density at radius 1 is 0.949 bits per heavy atom. The van der Waals surface area contributed by atoms with Gasteiger partial charge < -0.3 is 10.1 Å². The quantitative estimate of drug-likeness (QED) is 0.293. The van der Waals surface area contributed by atoms with Crippen LogP contribution in [0.4, 0.5) is 15.6 Å². The molecule has 1 aromatic heterocycles. The van der Waals surface area contributed by atoms with E-state index in [4.69, 9.17) is 4.74 Å². The number of benzene rings is 3. The molecule has 6 rings (SSSR count). The molecule has 1 saturated carbocycles. The van der Waals surface area contributed by atoms with Gasteiger partial charge in [-0.15, -0.1) is 11.3 Å². The number of carbonyl (C=O) groups is 3. The van der Waals surface area contributed by atoms with Gasteiger partial charge in [0.1, 0.15) is 6.61 Å². The molecule has 1 atom stereocenters. The zero-order valence-electron chi connectivity index (χ0n) is 20.7. The van der Waals surface area contributed by atoms with Crippen LogP contribution >= 0.6 is 23.1 Å². The van der Waals surface area contributed by atoms with Crippen LogP contribution in [0.5, 0.6) is 0 Å². The number of para-hydroxylation sites is 1. The number of anilines is 2. The lowest BCUT2D eigenvalue weighted by Crippen LogP contribution is -2.43. The van der Waals surface area contributed by atoms with Crippen molar-refractivity contribution in [3.63, 3.8) is 0 Å². The second-order valence-electron chi connectivity index (χ2n) is 9.20. The van der Waals surface area contributed by atoms with E-state index < -0.39 is 11.5 Å². The smallest absolute Gasteiger partial charge is 0.416 e. The van der Waals surface area contributed by atoms with Gasteiger partial charge in [0.2, 0.25) is 0 Å². The summed E-state index contributed by atoms with van der Waals surface area (Å²) in [6.07, 6.45) is 1.48. The Balaban J connectivity index is 1.14. The van der Waals surface area contributed by atoms with Gasteiger partial charge in [0.15, 0.2) is 10.5 Å². The third kappa shape index (κ3) is 5.67. The van der Waals surface area contributed by atoms with Crippen LogP contribution in [0.15, 0.2) is 89.1 Å². The average molecular weight is 557 g/mol. The zero-order chi connectivity index (χ0) is 26.8. The highest BCUT2D eigenvalue weighted by Crippen LogP contribution is 2.44. The van der Waals surface area contributed by atoms with Crippen LogP contribution in [0.3, 0.4) is 0 Å². The lowest BCUT2D eigenvalue weighted by atomic mass is 10.1. The third-order valence-corrected chi connectivity index (χ3v) is 8.32. The lowest BCUT2D eigenvalue weighted by Gasteiger charge is -2.23. The molecule has 2 heterocycles. The van der Waals surface area contributed by atoms with Crippen molar-refractivity contribution in [3.8, 4) is 11.3 Å². The maximum absolute atomic E-state index is 13.4. The van der Waals surface area contributed by atoms with Crippen LogP contribution in [0.25, 0.3) is 11.3 Å². The number of rotatable bonds is 7. The fourth-order valence-electron chi connectivity index (χ4n) is 4.13. The first-order valence-corrected chi connectivity index (χ1v) is 14.2. The van der Waals surface area contributed by atoms with Crippen LogP contribution < -0.4 is 15.5 Å². The Labute approximate surface area is 233 Å². The maximum atomic E-state index is 13.4. The first-order chi connectivity index (χ1) is 19.0. The molecule has 39 heavy (non-hydrogen) atoms. The minimum atomic E-state index is -0.845. The number of thioether (sulfide) groups is 1. The molecule has 8 nitrogen and oxygen atoms in total.